The SMILES string of the molecule is CCOC(=O)c1cnc(SC)n(CC(=O)N(CC)c2cccc(C)c2)c1=O. The highest BCUT2D eigenvalue weighted by atomic mass is 32.2. The highest BCUT2D eigenvalue weighted by Crippen LogP contribution is 2.17. The van der Waals surface area contributed by atoms with Crippen LogP contribution in [0.1, 0.15) is 29.8 Å². The van der Waals surface area contributed by atoms with Crippen LogP contribution in [0.5, 0.6) is 0 Å². The normalized spacial score (nSPS) is 10.5. The highest BCUT2D eigenvalue weighted by Gasteiger charge is 2.21. The molecule has 0 spiro atoms. The number of rotatable bonds is 7. The van der Waals surface area contributed by atoms with E-state index >= 15 is 0 Å². The zero-order chi connectivity index (χ0) is 20.0. The second kappa shape index (κ2) is 9.36. The fourth-order valence-electron chi connectivity index (χ4n) is 2.65. The molecule has 0 N–H and O–H groups in total. The summed E-state index contributed by atoms with van der Waals surface area (Å²) in [5.74, 6) is -1.00. The molecule has 1 amide bonds. The van der Waals surface area contributed by atoms with Gasteiger partial charge in [-0.25, -0.2) is 9.78 Å². The fraction of sp³-hybridized carbons (Fsp3) is 0.368. The van der Waals surface area contributed by atoms with E-state index in [0.29, 0.717) is 11.7 Å². The van der Waals surface area contributed by atoms with Gasteiger partial charge in [0.05, 0.1) is 12.8 Å². The average molecular weight is 389 g/mol. The Morgan fingerprint density at radius 3 is 2.63 bits per heavy atom. The van der Waals surface area contributed by atoms with Gasteiger partial charge in [0.15, 0.2) is 5.16 Å². The molecule has 7 nitrogen and oxygen atoms in total. The van der Waals surface area contributed by atoms with Crippen molar-refractivity contribution >= 4 is 29.3 Å². The molecule has 0 saturated heterocycles. The molecule has 8 heteroatoms. The first-order valence-electron chi connectivity index (χ1n) is 8.60. The number of carbonyl (C=O) groups excluding carboxylic acids is 2. The van der Waals surface area contributed by atoms with E-state index in [9.17, 15) is 14.4 Å². The van der Waals surface area contributed by atoms with Crippen molar-refractivity contribution in [2.24, 2.45) is 0 Å². The predicted octanol–water partition coefficient (Wildman–Crippen LogP) is 2.50. The van der Waals surface area contributed by atoms with Gasteiger partial charge < -0.3 is 9.64 Å². The summed E-state index contributed by atoms with van der Waals surface area (Å²) in [6, 6.07) is 7.58. The Morgan fingerprint density at radius 2 is 2.04 bits per heavy atom. The number of anilines is 1. The van der Waals surface area contributed by atoms with Crippen LogP contribution < -0.4 is 10.5 Å². The van der Waals surface area contributed by atoms with Gasteiger partial charge in [-0.05, 0) is 44.7 Å². The van der Waals surface area contributed by atoms with Gasteiger partial charge in [0.1, 0.15) is 12.1 Å². The molecule has 0 atom stereocenters. The van der Waals surface area contributed by atoms with Crippen LogP contribution in [0.15, 0.2) is 40.4 Å². The predicted molar refractivity (Wildman–Crippen MR) is 105 cm³/mol. The third-order valence-electron chi connectivity index (χ3n) is 3.91. The Kier molecular flexibility index (Phi) is 7.18. The maximum absolute atomic E-state index is 12.9. The van der Waals surface area contributed by atoms with Crippen molar-refractivity contribution in [3.63, 3.8) is 0 Å². The highest BCUT2D eigenvalue weighted by molar-refractivity contribution is 7.98. The summed E-state index contributed by atoms with van der Waals surface area (Å²) in [5, 5.41) is 0.363. The van der Waals surface area contributed by atoms with Crippen molar-refractivity contribution in [3.05, 3.63) is 51.9 Å². The minimum Gasteiger partial charge on any atom is -0.462 e. The Bertz CT molecular complexity index is 895. The smallest absolute Gasteiger partial charge is 0.345 e. The van der Waals surface area contributed by atoms with E-state index in [1.165, 1.54) is 22.5 Å². The molecule has 2 aromatic rings. The number of thioether (sulfide) groups is 1. The standard InChI is InChI=1S/C19H23N3O4S/c1-5-21(14-9-7-8-13(3)10-14)16(23)12-22-17(24)15(18(25)26-6-2)11-20-19(22)27-4/h7-11H,5-6,12H2,1-4H3. The first-order chi connectivity index (χ1) is 12.9. The molecule has 0 bridgehead atoms. The van der Waals surface area contributed by atoms with Gasteiger partial charge in [-0.2, -0.15) is 0 Å². The lowest BCUT2D eigenvalue weighted by Gasteiger charge is -2.22. The van der Waals surface area contributed by atoms with E-state index in [0.717, 1.165) is 11.3 Å². The molecule has 1 heterocycles. The van der Waals surface area contributed by atoms with Gasteiger partial charge in [0.25, 0.3) is 5.56 Å². The number of amides is 1. The van der Waals surface area contributed by atoms with Crippen LogP contribution in [0.2, 0.25) is 0 Å². The number of benzene rings is 1. The lowest BCUT2D eigenvalue weighted by Crippen LogP contribution is -2.38. The molecule has 27 heavy (non-hydrogen) atoms. The van der Waals surface area contributed by atoms with Crippen LogP contribution in [0.25, 0.3) is 0 Å². The van der Waals surface area contributed by atoms with Crippen molar-refractivity contribution < 1.29 is 14.3 Å². The Labute approximate surface area is 162 Å². The summed E-state index contributed by atoms with van der Waals surface area (Å²) in [4.78, 5) is 43.3. The number of hydrogen-bond donors (Lipinski definition) is 0. The van der Waals surface area contributed by atoms with E-state index < -0.39 is 11.5 Å². The van der Waals surface area contributed by atoms with Crippen LogP contribution in [0, 0.1) is 6.92 Å². The molecule has 0 fully saturated rings. The van der Waals surface area contributed by atoms with Crippen molar-refractivity contribution in [2.45, 2.75) is 32.5 Å². The molecule has 1 aromatic carbocycles. The monoisotopic (exact) mass is 389 g/mol. The van der Waals surface area contributed by atoms with Crippen molar-refractivity contribution in [2.75, 3.05) is 24.3 Å². The molecule has 2 rings (SSSR count). The van der Waals surface area contributed by atoms with Crippen molar-refractivity contribution in [1.82, 2.24) is 9.55 Å². The quantitative estimate of drug-likeness (QED) is 0.411. The molecule has 0 aliphatic heterocycles. The first kappa shape index (κ1) is 20.7. The largest absolute Gasteiger partial charge is 0.462 e. The first-order valence-corrected chi connectivity index (χ1v) is 9.83. The summed E-state index contributed by atoms with van der Waals surface area (Å²) in [7, 11) is 0. The van der Waals surface area contributed by atoms with Crippen molar-refractivity contribution in [1.29, 1.82) is 0 Å². The molecule has 1 aromatic heterocycles. The zero-order valence-electron chi connectivity index (χ0n) is 15.9. The molecule has 0 unspecified atom stereocenters. The molecule has 0 aliphatic rings. The molecule has 0 saturated carbocycles. The number of nitrogens with zero attached hydrogens (tertiary/aromatic N) is 3. The molecule has 0 radical (unpaired) electrons. The Balaban J connectivity index is 2.39. The number of likely N-dealkylation sites (N-methyl/N-ethyl adjacent to an activating group) is 1. The van der Waals surface area contributed by atoms with Crippen LogP contribution in [0.3, 0.4) is 0 Å². The molecular weight excluding hydrogens is 366 g/mol. The number of esters is 1. The van der Waals surface area contributed by atoms with Gasteiger partial charge in [-0.1, -0.05) is 23.9 Å². The van der Waals surface area contributed by atoms with Gasteiger partial charge in [0.2, 0.25) is 5.91 Å². The van der Waals surface area contributed by atoms with Crippen LogP contribution in [0.4, 0.5) is 5.69 Å². The number of carbonyl (C=O) groups is 2. The number of aryl methyl sites for hydroxylation is 1. The zero-order valence-corrected chi connectivity index (χ0v) is 16.7. The minimum absolute atomic E-state index is 0.151. The Morgan fingerprint density at radius 1 is 1.30 bits per heavy atom. The lowest BCUT2D eigenvalue weighted by molar-refractivity contribution is -0.119. The molecule has 0 aliphatic carbocycles. The van der Waals surface area contributed by atoms with Crippen LogP contribution in [-0.4, -0.2) is 40.8 Å². The van der Waals surface area contributed by atoms with Gasteiger partial charge in [0, 0.05) is 12.2 Å². The number of aromatic nitrogens is 2. The van der Waals surface area contributed by atoms with Crippen LogP contribution in [-0.2, 0) is 16.1 Å². The topological polar surface area (TPSA) is 81.5 Å². The second-order valence-electron chi connectivity index (χ2n) is 5.75. The van der Waals surface area contributed by atoms with E-state index in [4.69, 9.17) is 4.74 Å². The third-order valence-corrected chi connectivity index (χ3v) is 4.60. The maximum atomic E-state index is 12.9. The fourth-order valence-corrected chi connectivity index (χ4v) is 3.17. The average Bonchev–Trinajstić information content (AvgIpc) is 2.64. The van der Waals surface area contributed by atoms with E-state index in [-0.39, 0.29) is 24.6 Å². The number of ether oxygens (including phenoxy) is 1. The third kappa shape index (κ3) is 4.77. The van der Waals surface area contributed by atoms with E-state index in [1.54, 1.807) is 18.1 Å². The Hall–Kier alpha value is -2.61. The van der Waals surface area contributed by atoms with E-state index in [1.807, 2.05) is 38.1 Å². The molecular formula is C19H23N3O4S. The van der Waals surface area contributed by atoms with Crippen LogP contribution >= 0.6 is 11.8 Å². The second-order valence-corrected chi connectivity index (χ2v) is 6.52. The van der Waals surface area contributed by atoms with Gasteiger partial charge in [-0.3, -0.25) is 14.2 Å². The molecule has 144 valence electrons. The maximum Gasteiger partial charge on any atom is 0.345 e. The van der Waals surface area contributed by atoms with E-state index in [2.05, 4.69) is 4.98 Å². The number of hydrogen-bond acceptors (Lipinski definition) is 6. The summed E-state index contributed by atoms with van der Waals surface area (Å²) in [6.45, 7) is 5.87. The summed E-state index contributed by atoms with van der Waals surface area (Å²) in [6.07, 6.45) is 2.95. The summed E-state index contributed by atoms with van der Waals surface area (Å²) in [5.41, 5.74) is 1.03. The summed E-state index contributed by atoms with van der Waals surface area (Å²) < 4.78 is 6.12. The van der Waals surface area contributed by atoms with Gasteiger partial charge in [-0.15, -0.1) is 0 Å². The minimum atomic E-state index is -0.741. The van der Waals surface area contributed by atoms with Crippen molar-refractivity contribution in [3.8, 4) is 0 Å². The van der Waals surface area contributed by atoms with Gasteiger partial charge >= 0.3 is 5.97 Å². The lowest BCUT2D eigenvalue weighted by atomic mass is 10.2. The summed E-state index contributed by atoms with van der Waals surface area (Å²) >= 11 is 1.23.